The van der Waals surface area contributed by atoms with Gasteiger partial charge in [-0.3, -0.25) is 0 Å². The van der Waals surface area contributed by atoms with Gasteiger partial charge in [-0.05, 0) is 58.2 Å². The summed E-state index contributed by atoms with van der Waals surface area (Å²) in [5.41, 5.74) is 10.3. The molecule has 0 atom stereocenters. The van der Waals surface area contributed by atoms with Crippen molar-refractivity contribution in [2.75, 3.05) is 0 Å². The number of rotatable bonds is 1. The molecule has 0 spiro atoms. The topological polar surface area (TPSA) is 0 Å². The summed E-state index contributed by atoms with van der Waals surface area (Å²) in [5.74, 6) is 0. The first kappa shape index (κ1) is 18.1. The molecule has 0 saturated carbocycles. The summed E-state index contributed by atoms with van der Waals surface area (Å²) in [4.78, 5) is 0. The summed E-state index contributed by atoms with van der Waals surface area (Å²) in [7, 11) is 0. The molecule has 1 heteroatoms. The maximum Gasteiger partial charge on any atom is 0 e. The van der Waals surface area contributed by atoms with E-state index in [2.05, 4.69) is 85.8 Å². The Morgan fingerprint density at radius 3 is 2.28 bits per heavy atom. The summed E-state index contributed by atoms with van der Waals surface area (Å²) in [6.07, 6.45) is 7.75. The second-order valence-corrected chi connectivity index (χ2v) is 6.44. The Morgan fingerprint density at radius 2 is 1.48 bits per heavy atom. The maximum absolute atomic E-state index is 2.25. The molecule has 0 nitrogen and oxygen atoms in total. The normalized spacial score (nSPS) is 12.4. The minimum Gasteiger partial charge on any atom is -0.0795 e. The molecule has 0 amide bonds. The summed E-state index contributed by atoms with van der Waals surface area (Å²) in [6.45, 7) is 2.23. The first-order valence-electron chi connectivity index (χ1n) is 8.80. The van der Waals surface area contributed by atoms with Crippen LogP contribution >= 0.6 is 0 Å². The molecule has 0 aromatic heterocycles. The number of allylic oxidation sites excluding steroid dienone is 1. The fourth-order valence-electron chi connectivity index (χ4n) is 3.75. The van der Waals surface area contributed by atoms with Gasteiger partial charge in [0.2, 0.25) is 0 Å². The van der Waals surface area contributed by atoms with Crippen LogP contribution < -0.4 is 0 Å². The Labute approximate surface area is 169 Å². The van der Waals surface area contributed by atoms with Gasteiger partial charge in [-0.25, -0.2) is 0 Å². The second-order valence-electron chi connectivity index (χ2n) is 6.44. The molecule has 0 aliphatic heterocycles. The zero-order valence-corrected chi connectivity index (χ0v) is 17.1. The third kappa shape index (κ3) is 3.63. The molecule has 0 radical (unpaired) electrons. The van der Waals surface area contributed by atoms with Gasteiger partial charge >= 0.3 is 0 Å². The van der Waals surface area contributed by atoms with E-state index in [-0.39, 0.29) is 26.2 Å². The summed E-state index contributed by atoms with van der Waals surface area (Å²) in [5, 5.41) is 0. The van der Waals surface area contributed by atoms with Gasteiger partial charge in [0.1, 0.15) is 0 Å². The Bertz CT molecular complexity index is 905. The molecule has 0 N–H and O–H groups in total. The van der Waals surface area contributed by atoms with Crippen LogP contribution in [0.4, 0.5) is 0 Å². The Hall–Kier alpha value is -1.72. The Morgan fingerprint density at radius 1 is 0.760 bits per heavy atom. The van der Waals surface area contributed by atoms with Crippen LogP contribution in [0.15, 0.2) is 72.8 Å². The summed E-state index contributed by atoms with van der Waals surface area (Å²) >= 11 is 0. The Kier molecular flexibility index (Phi) is 5.87. The molecule has 0 heterocycles. The molecule has 0 saturated heterocycles. The number of fused-ring (bicyclic) bond motifs is 4. The molecule has 5 rings (SSSR count). The third-order valence-electron chi connectivity index (χ3n) is 5.02. The van der Waals surface area contributed by atoms with Crippen LogP contribution in [0.25, 0.3) is 17.2 Å². The zero-order valence-electron chi connectivity index (χ0n) is 14.6. The summed E-state index contributed by atoms with van der Waals surface area (Å²) < 4.78 is 0. The predicted molar refractivity (Wildman–Crippen MR) is 103 cm³/mol. The number of benzene rings is 3. The monoisotopic (exact) mass is 400 g/mol. The molecule has 25 heavy (non-hydrogen) atoms. The smallest absolute Gasteiger partial charge is 0 e. The van der Waals surface area contributed by atoms with Crippen molar-refractivity contribution < 1.29 is 26.2 Å². The van der Waals surface area contributed by atoms with E-state index in [1.807, 2.05) is 0 Å². The van der Waals surface area contributed by atoms with Crippen LogP contribution in [-0.4, -0.2) is 0 Å². The van der Waals surface area contributed by atoms with Crippen LogP contribution in [0.1, 0.15) is 34.7 Å². The largest absolute Gasteiger partial charge is 0.0795 e. The van der Waals surface area contributed by atoms with E-state index in [1.165, 1.54) is 33.4 Å². The first-order valence-corrected chi connectivity index (χ1v) is 8.80. The van der Waals surface area contributed by atoms with E-state index in [1.54, 1.807) is 5.56 Å². The van der Waals surface area contributed by atoms with Crippen molar-refractivity contribution in [3.63, 3.8) is 0 Å². The molecule has 0 fully saturated rings. The van der Waals surface area contributed by atoms with E-state index in [4.69, 9.17) is 0 Å². The molecule has 0 bridgehead atoms. The average molecular weight is 402 g/mol. The predicted octanol–water partition coefficient (Wildman–Crippen LogP) is 6.07. The first-order chi connectivity index (χ1) is 11.9. The minimum absolute atomic E-state index is 0. The van der Waals surface area contributed by atoms with E-state index >= 15 is 0 Å². The van der Waals surface area contributed by atoms with E-state index in [9.17, 15) is 0 Å². The molecule has 3 aromatic rings. The van der Waals surface area contributed by atoms with Crippen molar-refractivity contribution in [2.45, 2.75) is 26.2 Å². The van der Waals surface area contributed by atoms with Crippen LogP contribution in [0.2, 0.25) is 0 Å². The van der Waals surface area contributed by atoms with Crippen molar-refractivity contribution in [3.05, 3.63) is 101 Å². The van der Waals surface area contributed by atoms with Crippen molar-refractivity contribution >= 4 is 6.08 Å². The van der Waals surface area contributed by atoms with E-state index in [0.29, 0.717) is 0 Å². The summed E-state index contributed by atoms with van der Waals surface area (Å²) in [6, 6.07) is 23.9. The van der Waals surface area contributed by atoms with Gasteiger partial charge in [-0.2, -0.15) is 0 Å². The fraction of sp³-hybridized carbons (Fsp3) is 0.167. The molecular weight excluding hydrogens is 379 g/mol. The van der Waals surface area contributed by atoms with Crippen molar-refractivity contribution in [1.82, 2.24) is 0 Å². The molecule has 2 aliphatic carbocycles. The molecular formula is C24H22Zr. The quantitative estimate of drug-likeness (QED) is 0.363. The van der Waals surface area contributed by atoms with Crippen LogP contribution in [0.5, 0.6) is 0 Å². The van der Waals surface area contributed by atoms with Crippen molar-refractivity contribution in [1.29, 1.82) is 0 Å². The number of hydrogen-bond acceptors (Lipinski definition) is 0. The maximum atomic E-state index is 2.25. The van der Waals surface area contributed by atoms with Gasteiger partial charge in [-0.15, -0.1) is 0 Å². The number of aryl methyl sites for hydroxylation is 1. The molecule has 3 aromatic carbocycles. The number of hydrogen-bond donors (Lipinski definition) is 0. The average Bonchev–Trinajstić information content (AvgIpc) is 3.26. The van der Waals surface area contributed by atoms with Gasteiger partial charge in [-0.1, -0.05) is 85.8 Å². The fourth-order valence-corrected chi connectivity index (χ4v) is 3.75. The third-order valence-corrected chi connectivity index (χ3v) is 5.02. The van der Waals surface area contributed by atoms with E-state index in [0.717, 1.165) is 19.3 Å². The van der Waals surface area contributed by atoms with E-state index < -0.39 is 0 Å². The molecule has 0 unspecified atom stereocenters. The van der Waals surface area contributed by atoms with Gasteiger partial charge in [0.25, 0.3) is 0 Å². The van der Waals surface area contributed by atoms with Crippen LogP contribution in [-0.2, 0) is 45.5 Å². The van der Waals surface area contributed by atoms with Crippen molar-refractivity contribution in [2.24, 2.45) is 0 Å². The van der Waals surface area contributed by atoms with Crippen molar-refractivity contribution in [3.8, 4) is 11.1 Å². The molecule has 122 valence electrons. The molecule has 2 aliphatic rings. The standard InChI is InChI=1S/C15H14.C9H8.Zr/c1-2-11-7-5-9-14-13-8-4-3-6-12(13)10-15(11)14;1-2-5-9-7-3-6-8(9)4-1;/h3-9H,2,10H2,1H3;1-6H,7H2;. The zero-order chi connectivity index (χ0) is 16.4. The SMILES string of the molecule is C1=Cc2ccccc2C1.CCc1cccc2c1Cc1ccccc1-2.[Zr]. The van der Waals surface area contributed by atoms with Gasteiger partial charge in [0.15, 0.2) is 0 Å². The second kappa shape index (κ2) is 8.11. The van der Waals surface area contributed by atoms with Gasteiger partial charge < -0.3 is 0 Å². The van der Waals surface area contributed by atoms with Crippen LogP contribution in [0, 0.1) is 0 Å². The Balaban J connectivity index is 0.000000157. The minimum atomic E-state index is 0. The van der Waals surface area contributed by atoms with Gasteiger partial charge in [0.05, 0.1) is 0 Å². The van der Waals surface area contributed by atoms with Gasteiger partial charge in [0, 0.05) is 26.2 Å². The van der Waals surface area contributed by atoms with Crippen LogP contribution in [0.3, 0.4) is 0 Å².